The molecule has 0 saturated heterocycles. The van der Waals surface area contributed by atoms with Gasteiger partial charge in [0.25, 0.3) is 0 Å². The smallest absolute Gasteiger partial charge is 0.125 e. The van der Waals surface area contributed by atoms with Crippen molar-refractivity contribution in [2.45, 2.75) is 24.9 Å². The molecule has 0 radical (unpaired) electrons. The van der Waals surface area contributed by atoms with Crippen molar-refractivity contribution in [2.75, 3.05) is 18.6 Å². The molecule has 1 saturated carbocycles. The van der Waals surface area contributed by atoms with E-state index in [1.54, 1.807) is 12.1 Å². The highest BCUT2D eigenvalue weighted by molar-refractivity contribution is 6.30. The van der Waals surface area contributed by atoms with Crippen molar-refractivity contribution in [1.82, 2.24) is 4.90 Å². The Balaban J connectivity index is 1.67. The molecule has 0 bridgehead atoms. The fraction of sp³-hybridized carbons (Fsp3) is 0.333. The van der Waals surface area contributed by atoms with Crippen LogP contribution in [0.25, 0.3) is 0 Å². The highest BCUT2D eigenvalue weighted by atomic mass is 35.5. The van der Waals surface area contributed by atoms with Crippen LogP contribution >= 0.6 is 11.6 Å². The van der Waals surface area contributed by atoms with Gasteiger partial charge in [0.1, 0.15) is 5.82 Å². The summed E-state index contributed by atoms with van der Waals surface area (Å²) in [6, 6.07) is 13.3. The van der Waals surface area contributed by atoms with Crippen LogP contribution in [0.1, 0.15) is 24.0 Å². The monoisotopic (exact) mass is 316 g/mol. The van der Waals surface area contributed by atoms with E-state index in [-0.39, 0.29) is 11.4 Å². The molecule has 0 aromatic heterocycles. The van der Waals surface area contributed by atoms with Crippen LogP contribution in [0.5, 0.6) is 0 Å². The molecule has 1 aliphatic heterocycles. The Morgan fingerprint density at radius 3 is 2.50 bits per heavy atom. The summed E-state index contributed by atoms with van der Waals surface area (Å²) in [6.07, 6.45) is 2.33. The quantitative estimate of drug-likeness (QED) is 0.811. The average molecular weight is 317 g/mol. The lowest BCUT2D eigenvalue weighted by Crippen LogP contribution is -2.45. The molecule has 4 rings (SSSR count). The molecule has 2 nitrogen and oxygen atoms in total. The molecule has 0 atom stereocenters. The summed E-state index contributed by atoms with van der Waals surface area (Å²) in [6.45, 7) is 1.68. The van der Waals surface area contributed by atoms with E-state index in [1.807, 2.05) is 25.2 Å². The third-order valence-corrected chi connectivity index (χ3v) is 5.17. The molecular formula is C18H18ClFN2. The maximum absolute atomic E-state index is 13.5. The second-order valence-electron chi connectivity index (χ2n) is 6.35. The van der Waals surface area contributed by atoms with E-state index in [2.05, 4.69) is 21.9 Å². The molecule has 0 amide bonds. The zero-order valence-electron chi connectivity index (χ0n) is 12.5. The Bertz CT molecular complexity index is 710. The van der Waals surface area contributed by atoms with Crippen LogP contribution in [0.2, 0.25) is 5.02 Å². The van der Waals surface area contributed by atoms with Crippen molar-refractivity contribution < 1.29 is 4.39 Å². The molecule has 4 heteroatoms. The van der Waals surface area contributed by atoms with E-state index in [9.17, 15) is 4.39 Å². The first-order valence-electron chi connectivity index (χ1n) is 7.59. The molecule has 1 fully saturated rings. The van der Waals surface area contributed by atoms with E-state index in [0.29, 0.717) is 0 Å². The van der Waals surface area contributed by atoms with Crippen LogP contribution in [0.3, 0.4) is 0 Å². The van der Waals surface area contributed by atoms with E-state index in [4.69, 9.17) is 11.6 Å². The minimum atomic E-state index is -0.169. The predicted octanol–water partition coefficient (Wildman–Crippen LogP) is 4.38. The number of benzene rings is 2. The van der Waals surface area contributed by atoms with Crippen molar-refractivity contribution in [3.63, 3.8) is 0 Å². The number of hydrogen-bond acceptors (Lipinski definition) is 2. The Labute approximate surface area is 135 Å². The van der Waals surface area contributed by atoms with Crippen LogP contribution in [0.4, 0.5) is 10.1 Å². The largest absolute Gasteiger partial charge is 0.361 e. The van der Waals surface area contributed by atoms with Gasteiger partial charge in [0.15, 0.2) is 0 Å². The summed E-state index contributed by atoms with van der Waals surface area (Å²) in [5, 5.41) is 0.774. The molecule has 114 valence electrons. The minimum Gasteiger partial charge on any atom is -0.361 e. The van der Waals surface area contributed by atoms with Crippen LogP contribution in [-0.4, -0.2) is 18.6 Å². The molecule has 0 spiro atoms. The van der Waals surface area contributed by atoms with Crippen molar-refractivity contribution in [1.29, 1.82) is 0 Å². The Kier molecular flexibility index (Phi) is 3.17. The first-order chi connectivity index (χ1) is 10.6. The second-order valence-corrected chi connectivity index (χ2v) is 6.79. The van der Waals surface area contributed by atoms with Crippen molar-refractivity contribution in [3.8, 4) is 0 Å². The normalized spacial score (nSPS) is 19.9. The Morgan fingerprint density at radius 1 is 1.09 bits per heavy atom. The fourth-order valence-corrected chi connectivity index (χ4v) is 3.69. The number of nitrogens with zero attached hydrogens (tertiary/aromatic N) is 2. The molecule has 0 N–H and O–H groups in total. The molecule has 2 aromatic rings. The van der Waals surface area contributed by atoms with Gasteiger partial charge in [0, 0.05) is 29.8 Å². The molecule has 1 aliphatic carbocycles. The summed E-state index contributed by atoms with van der Waals surface area (Å²) in [7, 11) is 2.03. The van der Waals surface area contributed by atoms with E-state index < -0.39 is 0 Å². The standard InChI is InChI=1S/C18H18ClFN2/c1-21-12-22(11-13-2-7-16(20)10-17(13)21)18(8-9-18)14-3-5-15(19)6-4-14/h2-7,10H,8-9,11-12H2,1H3. The highest BCUT2D eigenvalue weighted by Crippen LogP contribution is 2.53. The van der Waals surface area contributed by atoms with Gasteiger partial charge >= 0.3 is 0 Å². The second kappa shape index (κ2) is 4.97. The number of hydrogen-bond donors (Lipinski definition) is 0. The third-order valence-electron chi connectivity index (χ3n) is 4.91. The van der Waals surface area contributed by atoms with Crippen LogP contribution in [0, 0.1) is 5.82 Å². The maximum atomic E-state index is 13.5. The average Bonchev–Trinajstić information content (AvgIpc) is 3.30. The summed E-state index contributed by atoms with van der Waals surface area (Å²) < 4.78 is 13.5. The van der Waals surface area contributed by atoms with E-state index in [1.165, 1.54) is 24.0 Å². The van der Waals surface area contributed by atoms with Gasteiger partial charge in [-0.05, 0) is 48.2 Å². The molecule has 2 aliphatic rings. The van der Waals surface area contributed by atoms with Gasteiger partial charge in [0.05, 0.1) is 6.67 Å². The van der Waals surface area contributed by atoms with Gasteiger partial charge < -0.3 is 4.90 Å². The maximum Gasteiger partial charge on any atom is 0.125 e. The number of fused-ring (bicyclic) bond motifs is 1. The SMILES string of the molecule is CN1CN(C2(c3ccc(Cl)cc3)CC2)Cc2ccc(F)cc21. The number of halogens is 2. The van der Waals surface area contributed by atoms with Gasteiger partial charge in [0.2, 0.25) is 0 Å². The van der Waals surface area contributed by atoms with Crippen LogP contribution in [-0.2, 0) is 12.1 Å². The van der Waals surface area contributed by atoms with Gasteiger partial charge in [-0.1, -0.05) is 29.8 Å². The molecule has 1 heterocycles. The number of anilines is 1. The molecular weight excluding hydrogens is 299 g/mol. The van der Waals surface area contributed by atoms with Gasteiger partial charge in [-0.25, -0.2) is 4.39 Å². The van der Waals surface area contributed by atoms with Gasteiger partial charge in [-0.15, -0.1) is 0 Å². The first kappa shape index (κ1) is 14.0. The van der Waals surface area contributed by atoms with Gasteiger partial charge in [-0.3, -0.25) is 4.90 Å². The number of rotatable bonds is 2. The topological polar surface area (TPSA) is 6.48 Å². The highest BCUT2D eigenvalue weighted by Gasteiger charge is 2.50. The zero-order valence-corrected chi connectivity index (χ0v) is 13.3. The molecule has 22 heavy (non-hydrogen) atoms. The summed E-state index contributed by atoms with van der Waals surface area (Å²) in [5.41, 5.74) is 3.64. The predicted molar refractivity (Wildman–Crippen MR) is 87.6 cm³/mol. The third kappa shape index (κ3) is 2.20. The van der Waals surface area contributed by atoms with Crippen molar-refractivity contribution in [2.24, 2.45) is 0 Å². The van der Waals surface area contributed by atoms with Gasteiger partial charge in [-0.2, -0.15) is 0 Å². The lowest BCUT2D eigenvalue weighted by atomic mass is 10.0. The van der Waals surface area contributed by atoms with Crippen molar-refractivity contribution >= 4 is 17.3 Å². The Morgan fingerprint density at radius 2 is 1.82 bits per heavy atom. The van der Waals surface area contributed by atoms with E-state index >= 15 is 0 Å². The summed E-state index contributed by atoms with van der Waals surface area (Å²) in [4.78, 5) is 4.63. The lowest BCUT2D eigenvalue weighted by molar-refractivity contribution is 0.160. The molecule has 0 unspecified atom stereocenters. The first-order valence-corrected chi connectivity index (χ1v) is 7.97. The summed E-state index contributed by atoms with van der Waals surface area (Å²) >= 11 is 6.02. The lowest BCUT2D eigenvalue weighted by Gasteiger charge is -2.41. The zero-order chi connectivity index (χ0) is 15.3. The minimum absolute atomic E-state index is 0.116. The van der Waals surface area contributed by atoms with Crippen LogP contribution < -0.4 is 4.90 Å². The van der Waals surface area contributed by atoms with E-state index in [0.717, 1.165) is 23.9 Å². The molecule has 2 aromatic carbocycles. The Hall–Kier alpha value is -1.58. The van der Waals surface area contributed by atoms with Crippen LogP contribution in [0.15, 0.2) is 42.5 Å². The fourth-order valence-electron chi connectivity index (χ4n) is 3.57. The van der Waals surface area contributed by atoms with Crippen molar-refractivity contribution in [3.05, 3.63) is 64.4 Å². The summed E-state index contributed by atoms with van der Waals surface area (Å²) in [5.74, 6) is -0.169.